The van der Waals surface area contributed by atoms with Gasteiger partial charge < -0.3 is 5.11 Å². The average molecular weight is 354 g/mol. The summed E-state index contributed by atoms with van der Waals surface area (Å²) in [6.07, 6.45) is 3.70. The Morgan fingerprint density at radius 3 is 2.33 bits per heavy atom. The fourth-order valence-corrected chi connectivity index (χ4v) is 2.96. The Bertz CT molecular complexity index is 1190. The van der Waals surface area contributed by atoms with Crippen LogP contribution in [0.2, 0.25) is 0 Å². The molecular formula is C23H18N2O2. The molecule has 0 atom stereocenters. The molecule has 0 aliphatic carbocycles. The highest BCUT2D eigenvalue weighted by atomic mass is 16.3. The van der Waals surface area contributed by atoms with Gasteiger partial charge in [-0.25, -0.2) is 4.98 Å². The van der Waals surface area contributed by atoms with Crippen molar-refractivity contribution in [1.29, 1.82) is 0 Å². The Balaban J connectivity index is 1.92. The summed E-state index contributed by atoms with van der Waals surface area (Å²) < 4.78 is 1.62. The van der Waals surface area contributed by atoms with E-state index >= 15 is 0 Å². The molecule has 4 heteroatoms. The number of aryl methyl sites for hydroxylation is 1. The number of aromatic hydroxyl groups is 1. The number of nitrogens with zero attached hydrogens (tertiary/aromatic N) is 2. The highest BCUT2D eigenvalue weighted by Gasteiger charge is 2.10. The third-order valence-electron chi connectivity index (χ3n) is 4.41. The number of phenols is 1. The van der Waals surface area contributed by atoms with Crippen LogP contribution in [0.4, 0.5) is 0 Å². The number of phenolic OH excluding ortho intramolecular Hbond substituents is 1. The van der Waals surface area contributed by atoms with E-state index in [0.29, 0.717) is 16.7 Å². The second-order valence-corrected chi connectivity index (χ2v) is 6.39. The Morgan fingerprint density at radius 2 is 1.59 bits per heavy atom. The van der Waals surface area contributed by atoms with Gasteiger partial charge in [0.15, 0.2) is 0 Å². The van der Waals surface area contributed by atoms with E-state index in [-0.39, 0.29) is 11.3 Å². The van der Waals surface area contributed by atoms with Crippen LogP contribution < -0.4 is 5.56 Å². The van der Waals surface area contributed by atoms with Crippen molar-refractivity contribution in [3.05, 3.63) is 100 Å². The zero-order valence-corrected chi connectivity index (χ0v) is 14.8. The van der Waals surface area contributed by atoms with Gasteiger partial charge in [-0.2, -0.15) is 0 Å². The lowest BCUT2D eigenvalue weighted by Crippen LogP contribution is -2.22. The van der Waals surface area contributed by atoms with E-state index in [1.807, 2.05) is 61.5 Å². The molecule has 0 bridgehead atoms. The van der Waals surface area contributed by atoms with Crippen molar-refractivity contribution in [3.63, 3.8) is 0 Å². The van der Waals surface area contributed by atoms with Crippen LogP contribution in [0.5, 0.6) is 5.75 Å². The van der Waals surface area contributed by atoms with Crippen molar-refractivity contribution in [1.82, 2.24) is 9.55 Å². The maximum absolute atomic E-state index is 13.1. The molecule has 0 unspecified atom stereocenters. The van der Waals surface area contributed by atoms with Gasteiger partial charge >= 0.3 is 0 Å². The SMILES string of the molecule is Cc1ccc(-n2c(/C=C\c3ccc(O)cc3)nc3ccccc3c2=O)cc1. The van der Waals surface area contributed by atoms with Gasteiger partial charge in [-0.05, 0) is 55.0 Å². The third kappa shape index (κ3) is 3.37. The van der Waals surface area contributed by atoms with E-state index in [2.05, 4.69) is 0 Å². The van der Waals surface area contributed by atoms with Gasteiger partial charge in [-0.1, -0.05) is 48.0 Å². The zero-order valence-electron chi connectivity index (χ0n) is 14.8. The predicted molar refractivity (Wildman–Crippen MR) is 109 cm³/mol. The number of para-hydroxylation sites is 1. The second-order valence-electron chi connectivity index (χ2n) is 6.39. The third-order valence-corrected chi connectivity index (χ3v) is 4.41. The van der Waals surface area contributed by atoms with Crippen LogP contribution in [-0.2, 0) is 0 Å². The van der Waals surface area contributed by atoms with E-state index < -0.39 is 0 Å². The van der Waals surface area contributed by atoms with E-state index in [9.17, 15) is 9.90 Å². The summed E-state index contributed by atoms with van der Waals surface area (Å²) in [6.45, 7) is 2.01. The summed E-state index contributed by atoms with van der Waals surface area (Å²) in [5.41, 5.74) is 3.37. The molecule has 0 aliphatic rings. The van der Waals surface area contributed by atoms with Gasteiger partial charge in [0.25, 0.3) is 5.56 Å². The van der Waals surface area contributed by atoms with Crippen LogP contribution in [0.3, 0.4) is 0 Å². The summed E-state index contributed by atoms with van der Waals surface area (Å²) in [6, 6.07) is 22.0. The lowest BCUT2D eigenvalue weighted by molar-refractivity contribution is 0.475. The maximum Gasteiger partial charge on any atom is 0.266 e. The van der Waals surface area contributed by atoms with Crippen LogP contribution in [0.25, 0.3) is 28.7 Å². The highest BCUT2D eigenvalue weighted by molar-refractivity contribution is 5.80. The molecule has 4 rings (SSSR count). The number of hydrogen-bond donors (Lipinski definition) is 1. The van der Waals surface area contributed by atoms with E-state index in [1.165, 1.54) is 0 Å². The molecule has 27 heavy (non-hydrogen) atoms. The first-order valence-electron chi connectivity index (χ1n) is 8.68. The molecule has 132 valence electrons. The minimum Gasteiger partial charge on any atom is -0.508 e. The lowest BCUT2D eigenvalue weighted by atomic mass is 10.2. The van der Waals surface area contributed by atoms with Crippen LogP contribution in [0, 0.1) is 6.92 Å². The fraction of sp³-hybridized carbons (Fsp3) is 0.0435. The number of hydrogen-bond acceptors (Lipinski definition) is 3. The summed E-state index contributed by atoms with van der Waals surface area (Å²) >= 11 is 0. The molecule has 1 heterocycles. The minimum atomic E-state index is -0.102. The van der Waals surface area contributed by atoms with E-state index in [0.717, 1.165) is 16.8 Å². The molecule has 0 fully saturated rings. The van der Waals surface area contributed by atoms with Crippen molar-refractivity contribution in [2.45, 2.75) is 6.92 Å². The number of fused-ring (bicyclic) bond motifs is 1. The molecule has 0 saturated heterocycles. The minimum absolute atomic E-state index is 0.102. The molecule has 0 amide bonds. The summed E-state index contributed by atoms with van der Waals surface area (Å²) in [5.74, 6) is 0.767. The van der Waals surface area contributed by atoms with Crippen molar-refractivity contribution >= 4 is 23.1 Å². The molecule has 0 aliphatic heterocycles. The largest absolute Gasteiger partial charge is 0.508 e. The monoisotopic (exact) mass is 354 g/mol. The first-order chi connectivity index (χ1) is 13.1. The number of rotatable bonds is 3. The normalized spacial score (nSPS) is 11.3. The maximum atomic E-state index is 13.1. The first-order valence-corrected chi connectivity index (χ1v) is 8.68. The second kappa shape index (κ2) is 6.92. The molecule has 4 aromatic rings. The zero-order chi connectivity index (χ0) is 18.8. The number of aromatic nitrogens is 2. The smallest absolute Gasteiger partial charge is 0.266 e. The van der Waals surface area contributed by atoms with Gasteiger partial charge in [-0.3, -0.25) is 9.36 Å². The summed E-state index contributed by atoms with van der Waals surface area (Å²) in [4.78, 5) is 17.8. The summed E-state index contributed by atoms with van der Waals surface area (Å²) in [5, 5.41) is 10.0. The van der Waals surface area contributed by atoms with Gasteiger partial charge in [0.05, 0.1) is 16.6 Å². The van der Waals surface area contributed by atoms with Gasteiger partial charge in [0.2, 0.25) is 0 Å². The Labute approximate surface area is 156 Å². The van der Waals surface area contributed by atoms with Gasteiger partial charge in [0, 0.05) is 0 Å². The molecule has 0 saturated carbocycles. The number of benzene rings is 3. The van der Waals surface area contributed by atoms with Crippen molar-refractivity contribution < 1.29 is 5.11 Å². The van der Waals surface area contributed by atoms with Crippen molar-refractivity contribution in [2.75, 3.05) is 0 Å². The van der Waals surface area contributed by atoms with E-state index in [1.54, 1.807) is 34.9 Å². The molecule has 4 nitrogen and oxygen atoms in total. The van der Waals surface area contributed by atoms with Crippen LogP contribution in [0.1, 0.15) is 17.0 Å². The van der Waals surface area contributed by atoms with Crippen molar-refractivity contribution in [3.8, 4) is 11.4 Å². The molecule has 1 aromatic heterocycles. The standard InChI is InChI=1S/C23H18N2O2/c1-16-6-11-18(12-7-16)25-22(15-10-17-8-13-19(26)14-9-17)24-21-5-3-2-4-20(21)23(25)27/h2-15,26H,1H3/b15-10-. The quantitative estimate of drug-likeness (QED) is 0.586. The predicted octanol–water partition coefficient (Wildman–Crippen LogP) is 4.57. The van der Waals surface area contributed by atoms with Crippen molar-refractivity contribution in [2.24, 2.45) is 0 Å². The Morgan fingerprint density at radius 1 is 0.889 bits per heavy atom. The Hall–Kier alpha value is -3.66. The van der Waals surface area contributed by atoms with Gasteiger partial charge in [0.1, 0.15) is 11.6 Å². The summed E-state index contributed by atoms with van der Waals surface area (Å²) in [7, 11) is 0. The topological polar surface area (TPSA) is 55.1 Å². The molecule has 3 aromatic carbocycles. The first kappa shape index (κ1) is 16.8. The van der Waals surface area contributed by atoms with Gasteiger partial charge in [-0.15, -0.1) is 0 Å². The fourth-order valence-electron chi connectivity index (χ4n) is 2.96. The molecule has 0 radical (unpaired) electrons. The van der Waals surface area contributed by atoms with Crippen LogP contribution >= 0.6 is 0 Å². The molecular weight excluding hydrogens is 336 g/mol. The molecule has 0 spiro atoms. The average Bonchev–Trinajstić information content (AvgIpc) is 2.69. The van der Waals surface area contributed by atoms with E-state index in [4.69, 9.17) is 4.98 Å². The van der Waals surface area contributed by atoms with Crippen LogP contribution in [-0.4, -0.2) is 14.7 Å². The van der Waals surface area contributed by atoms with Crippen LogP contribution in [0.15, 0.2) is 77.6 Å². The highest BCUT2D eigenvalue weighted by Crippen LogP contribution is 2.17. The molecule has 1 N–H and O–H groups in total. The Kier molecular flexibility index (Phi) is 4.30. The lowest BCUT2D eigenvalue weighted by Gasteiger charge is -2.11.